The lowest BCUT2D eigenvalue weighted by Crippen LogP contribution is -2.46. The summed E-state index contributed by atoms with van der Waals surface area (Å²) in [5.74, 6) is 0.777. The zero-order chi connectivity index (χ0) is 26.4. The van der Waals surface area contributed by atoms with Gasteiger partial charge in [0.05, 0.1) is 0 Å². The van der Waals surface area contributed by atoms with Crippen molar-refractivity contribution in [3.8, 4) is 0 Å². The Labute approximate surface area is 220 Å². The molecule has 1 saturated heterocycles. The molecule has 3 rings (SSSR count). The Bertz CT molecular complexity index is 832. The van der Waals surface area contributed by atoms with Gasteiger partial charge in [0.1, 0.15) is 0 Å². The van der Waals surface area contributed by atoms with E-state index >= 15 is 0 Å². The summed E-state index contributed by atoms with van der Waals surface area (Å²) in [6.07, 6.45) is 5.38. The molecule has 2 aliphatic rings. The van der Waals surface area contributed by atoms with Crippen molar-refractivity contribution in [1.82, 2.24) is 15.1 Å². The van der Waals surface area contributed by atoms with E-state index in [9.17, 15) is 0 Å². The highest BCUT2D eigenvalue weighted by molar-refractivity contribution is 6.30. The molecule has 1 aromatic rings. The molecule has 1 fully saturated rings. The number of rotatable bonds is 8. The summed E-state index contributed by atoms with van der Waals surface area (Å²) in [5.41, 5.74) is 6.16. The number of nitrogens with one attached hydrogen (secondary N) is 1. The van der Waals surface area contributed by atoms with Gasteiger partial charge in [0.25, 0.3) is 0 Å². The molecule has 1 aromatic carbocycles. The van der Waals surface area contributed by atoms with Crippen molar-refractivity contribution in [2.24, 2.45) is 10.9 Å². The number of piperazine rings is 1. The maximum absolute atomic E-state index is 6.09. The monoisotopic (exact) mass is 500 g/mol. The second-order valence-corrected chi connectivity index (χ2v) is 9.40. The van der Waals surface area contributed by atoms with Crippen LogP contribution in [0.2, 0.25) is 5.02 Å². The molecule has 0 amide bonds. The zero-order valence-electron chi connectivity index (χ0n) is 23.3. The highest BCUT2D eigenvalue weighted by atomic mass is 35.5. The number of aliphatic imine (C=N–C) groups is 1. The summed E-state index contributed by atoms with van der Waals surface area (Å²) in [6, 6.07) is 8.14. The lowest BCUT2D eigenvalue weighted by molar-refractivity contribution is 0.186. The van der Waals surface area contributed by atoms with Crippen molar-refractivity contribution in [2.75, 3.05) is 39.8 Å². The third-order valence-electron chi connectivity index (χ3n) is 6.36. The van der Waals surface area contributed by atoms with Crippen LogP contribution in [0, 0.1) is 5.92 Å². The van der Waals surface area contributed by atoms with Gasteiger partial charge in [0.15, 0.2) is 0 Å². The van der Waals surface area contributed by atoms with Gasteiger partial charge in [-0.3, -0.25) is 4.99 Å². The Hall–Kier alpha value is -2.04. The smallest absolute Gasteiger partial charge is 0.0454 e. The first-order valence-electron chi connectivity index (χ1n) is 13.4. The minimum atomic E-state index is 0.241. The predicted octanol–water partition coefficient (Wildman–Crippen LogP) is 7.51. The first kappa shape index (κ1) is 31.0. The Morgan fingerprint density at radius 2 is 1.66 bits per heavy atom. The predicted molar refractivity (Wildman–Crippen MR) is 156 cm³/mol. The normalized spacial score (nSPS) is 18.6. The second kappa shape index (κ2) is 16.6. The summed E-state index contributed by atoms with van der Waals surface area (Å²) < 4.78 is 0. The van der Waals surface area contributed by atoms with Crippen molar-refractivity contribution in [3.63, 3.8) is 0 Å². The van der Waals surface area contributed by atoms with Gasteiger partial charge in [0.2, 0.25) is 0 Å². The molecular formula is C30H49ClN4. The van der Waals surface area contributed by atoms with Crippen molar-refractivity contribution >= 4 is 17.8 Å². The van der Waals surface area contributed by atoms with E-state index in [0.717, 1.165) is 49.9 Å². The molecule has 2 atom stereocenters. The molecule has 1 aliphatic heterocycles. The quantitative estimate of drug-likeness (QED) is 0.375. The van der Waals surface area contributed by atoms with Crippen LogP contribution in [0.3, 0.4) is 0 Å². The molecule has 0 aromatic heterocycles. The van der Waals surface area contributed by atoms with Crippen LogP contribution in [0.4, 0.5) is 0 Å². The Kier molecular flexibility index (Phi) is 14.7. The lowest BCUT2D eigenvalue weighted by Gasteiger charge is -2.41. The highest BCUT2D eigenvalue weighted by Crippen LogP contribution is 2.38. The maximum Gasteiger partial charge on any atom is 0.0454 e. The van der Waals surface area contributed by atoms with Crippen LogP contribution in [-0.2, 0) is 0 Å². The molecule has 196 valence electrons. The van der Waals surface area contributed by atoms with Gasteiger partial charge in [-0.1, -0.05) is 77.9 Å². The molecule has 0 radical (unpaired) electrons. The second-order valence-electron chi connectivity index (χ2n) is 8.97. The van der Waals surface area contributed by atoms with Crippen molar-refractivity contribution in [2.45, 2.75) is 66.7 Å². The molecule has 2 unspecified atom stereocenters. The van der Waals surface area contributed by atoms with Gasteiger partial charge >= 0.3 is 0 Å². The third kappa shape index (κ3) is 8.84. The van der Waals surface area contributed by atoms with E-state index in [1.165, 1.54) is 35.4 Å². The number of hydrogen-bond donors (Lipinski definition) is 1. The summed E-state index contributed by atoms with van der Waals surface area (Å²) in [7, 11) is 1.99. The van der Waals surface area contributed by atoms with Crippen LogP contribution in [-0.4, -0.2) is 55.8 Å². The summed E-state index contributed by atoms with van der Waals surface area (Å²) in [6.45, 7) is 26.2. The molecule has 0 bridgehead atoms. The van der Waals surface area contributed by atoms with E-state index in [-0.39, 0.29) is 5.92 Å². The van der Waals surface area contributed by atoms with Gasteiger partial charge in [-0.05, 0) is 56.0 Å². The van der Waals surface area contributed by atoms with Crippen LogP contribution in [0.25, 0.3) is 0 Å². The number of hydrogen-bond acceptors (Lipinski definition) is 4. The minimum absolute atomic E-state index is 0.241. The summed E-state index contributed by atoms with van der Waals surface area (Å²) in [4.78, 5) is 9.48. The van der Waals surface area contributed by atoms with Gasteiger partial charge in [-0.25, -0.2) is 0 Å². The number of allylic oxidation sites excluding steroid dienone is 2. The summed E-state index contributed by atoms with van der Waals surface area (Å²) in [5, 5.41) is 4.09. The van der Waals surface area contributed by atoms with Crippen LogP contribution < -0.4 is 5.32 Å². The number of likely N-dealkylation sites (N-methyl/N-ethyl adjacent to an activating group) is 1. The Balaban J connectivity index is 0.00000114. The number of benzene rings is 1. The standard InChI is InChI=1S/C25H35ClN4.C3H8.C2H6/c1-6-28-24-12-7-18(2)25(24)20(4)30-15-13-29(14-16-30)19(3)23(17-27-5)21-8-10-22(26)11-9-21;1-3-2;1-2/h6,8-11,18,23,27H,3-4,7,12-17H2,1-2,5H3;3H2,1-2H3;1-2H3. The maximum atomic E-state index is 6.09. The van der Waals surface area contributed by atoms with E-state index in [1.807, 2.05) is 46.2 Å². The number of nitrogens with zero attached hydrogens (tertiary/aromatic N) is 3. The van der Waals surface area contributed by atoms with Gasteiger partial charge in [0, 0.05) is 67.0 Å². The van der Waals surface area contributed by atoms with Crippen LogP contribution in [0.5, 0.6) is 0 Å². The van der Waals surface area contributed by atoms with Crippen LogP contribution >= 0.6 is 11.6 Å². The lowest BCUT2D eigenvalue weighted by atomic mass is 9.94. The Morgan fingerprint density at radius 3 is 2.17 bits per heavy atom. The van der Waals surface area contributed by atoms with E-state index in [0.29, 0.717) is 5.92 Å². The SMILES string of the molecule is C=C(C1=C(N=CC)CCC1C)N1CCN(C(=C)C(CNC)c2ccc(Cl)cc2)CC1.CC.CCC. The van der Waals surface area contributed by atoms with Crippen molar-refractivity contribution in [3.05, 3.63) is 70.7 Å². The fourth-order valence-electron chi connectivity index (χ4n) is 4.64. The molecule has 0 saturated carbocycles. The first-order chi connectivity index (χ1) is 16.9. The fourth-order valence-corrected chi connectivity index (χ4v) is 4.77. The van der Waals surface area contributed by atoms with Crippen LogP contribution in [0.15, 0.2) is 65.1 Å². The molecule has 1 aliphatic carbocycles. The topological polar surface area (TPSA) is 30.9 Å². The van der Waals surface area contributed by atoms with Gasteiger partial charge in [-0.2, -0.15) is 0 Å². The molecule has 0 spiro atoms. The van der Waals surface area contributed by atoms with E-state index in [1.54, 1.807) is 0 Å². The molecule has 1 N–H and O–H groups in total. The van der Waals surface area contributed by atoms with Crippen LogP contribution in [0.1, 0.15) is 72.3 Å². The van der Waals surface area contributed by atoms with Crippen molar-refractivity contribution < 1.29 is 0 Å². The van der Waals surface area contributed by atoms with Crippen molar-refractivity contribution in [1.29, 1.82) is 0 Å². The Morgan fingerprint density at radius 1 is 1.11 bits per heavy atom. The highest BCUT2D eigenvalue weighted by Gasteiger charge is 2.29. The van der Waals surface area contributed by atoms with Gasteiger partial charge < -0.3 is 15.1 Å². The fraction of sp³-hybridized carbons (Fsp3) is 0.567. The molecule has 4 nitrogen and oxygen atoms in total. The third-order valence-corrected chi connectivity index (χ3v) is 6.62. The van der Waals surface area contributed by atoms with E-state index in [2.05, 4.69) is 66.2 Å². The first-order valence-corrected chi connectivity index (χ1v) is 13.7. The largest absolute Gasteiger partial charge is 0.371 e. The summed E-state index contributed by atoms with van der Waals surface area (Å²) >= 11 is 6.09. The van der Waals surface area contributed by atoms with E-state index < -0.39 is 0 Å². The molecule has 35 heavy (non-hydrogen) atoms. The van der Waals surface area contributed by atoms with E-state index in [4.69, 9.17) is 11.6 Å². The molecule has 5 heteroatoms. The minimum Gasteiger partial charge on any atom is -0.371 e. The molecule has 1 heterocycles. The number of halogens is 1. The average molecular weight is 501 g/mol. The zero-order valence-corrected chi connectivity index (χ0v) is 24.1. The van der Waals surface area contributed by atoms with Gasteiger partial charge in [-0.15, -0.1) is 0 Å². The molecular weight excluding hydrogens is 452 g/mol. The average Bonchev–Trinajstić information content (AvgIpc) is 3.24.